The van der Waals surface area contributed by atoms with Gasteiger partial charge in [0.15, 0.2) is 0 Å². The largest absolute Gasteiger partial charge is 0.385 e. The molecule has 0 amide bonds. The number of methoxy groups -OCH3 is 1. The van der Waals surface area contributed by atoms with Gasteiger partial charge in [0.05, 0.1) is 4.90 Å². The predicted molar refractivity (Wildman–Crippen MR) is 77.1 cm³/mol. The number of nitrogens with one attached hydrogen (secondary N) is 2. The maximum atomic E-state index is 12.2. The topological polar surface area (TPSA) is 72.4 Å². The second kappa shape index (κ2) is 6.71. The summed E-state index contributed by atoms with van der Waals surface area (Å²) < 4.78 is 34.0. The van der Waals surface area contributed by atoms with Crippen molar-refractivity contribution in [2.45, 2.75) is 36.7 Å². The maximum absolute atomic E-state index is 12.2. The molecule has 1 aliphatic rings. The standard InChI is InChI=1S/C13H23N3O3S/c1-14-9-12-8-13(10-16(12)11-4-5-11)20(17,18)15-6-3-7-19-2/h8,10-11,14-15H,3-7,9H2,1-2H3. The van der Waals surface area contributed by atoms with Crippen molar-refractivity contribution in [3.8, 4) is 0 Å². The Morgan fingerprint density at radius 1 is 1.45 bits per heavy atom. The summed E-state index contributed by atoms with van der Waals surface area (Å²) in [4.78, 5) is 0.354. The van der Waals surface area contributed by atoms with Crippen molar-refractivity contribution in [3.05, 3.63) is 18.0 Å². The first-order chi connectivity index (χ1) is 9.58. The lowest BCUT2D eigenvalue weighted by atomic mass is 10.4. The molecule has 0 radical (unpaired) electrons. The Bertz CT molecular complexity index is 535. The molecule has 1 fully saturated rings. The molecule has 7 heteroatoms. The van der Waals surface area contributed by atoms with Crippen LogP contribution in [0.2, 0.25) is 0 Å². The lowest BCUT2D eigenvalue weighted by Gasteiger charge is -2.05. The molecule has 1 saturated carbocycles. The third-order valence-electron chi connectivity index (χ3n) is 3.33. The molecule has 1 aliphatic carbocycles. The summed E-state index contributed by atoms with van der Waals surface area (Å²) in [6, 6.07) is 2.23. The van der Waals surface area contributed by atoms with Crippen LogP contribution in [-0.4, -0.2) is 40.3 Å². The van der Waals surface area contributed by atoms with Gasteiger partial charge in [-0.1, -0.05) is 0 Å². The molecule has 1 aromatic rings. The predicted octanol–water partition coefficient (Wildman–Crippen LogP) is 0.857. The van der Waals surface area contributed by atoms with Crippen LogP contribution in [0.4, 0.5) is 0 Å². The summed E-state index contributed by atoms with van der Waals surface area (Å²) in [5.74, 6) is 0. The number of aromatic nitrogens is 1. The molecule has 0 atom stereocenters. The fraction of sp³-hybridized carbons (Fsp3) is 0.692. The van der Waals surface area contributed by atoms with Gasteiger partial charge in [0.1, 0.15) is 0 Å². The van der Waals surface area contributed by atoms with Gasteiger partial charge in [-0.2, -0.15) is 0 Å². The van der Waals surface area contributed by atoms with Crippen molar-refractivity contribution < 1.29 is 13.2 Å². The molecule has 6 nitrogen and oxygen atoms in total. The van der Waals surface area contributed by atoms with Crippen molar-refractivity contribution in [2.75, 3.05) is 27.3 Å². The third kappa shape index (κ3) is 3.82. The molecule has 114 valence electrons. The van der Waals surface area contributed by atoms with E-state index in [1.54, 1.807) is 19.4 Å². The highest BCUT2D eigenvalue weighted by Gasteiger charge is 2.27. The van der Waals surface area contributed by atoms with Crippen LogP contribution in [-0.2, 0) is 21.3 Å². The van der Waals surface area contributed by atoms with E-state index in [1.165, 1.54) is 0 Å². The zero-order valence-electron chi connectivity index (χ0n) is 12.1. The minimum absolute atomic E-state index is 0.354. The van der Waals surface area contributed by atoms with Crippen molar-refractivity contribution in [3.63, 3.8) is 0 Å². The number of hydrogen-bond acceptors (Lipinski definition) is 4. The molecule has 1 aromatic heterocycles. The van der Waals surface area contributed by atoms with Crippen LogP contribution in [0.15, 0.2) is 17.2 Å². The molecule has 0 bridgehead atoms. The average Bonchev–Trinajstić information content (AvgIpc) is 3.16. The second-order valence-electron chi connectivity index (χ2n) is 5.08. The molecule has 2 N–H and O–H groups in total. The summed E-state index contributed by atoms with van der Waals surface area (Å²) in [5, 5.41) is 3.08. The molecule has 0 saturated heterocycles. The zero-order valence-corrected chi connectivity index (χ0v) is 12.9. The SMILES string of the molecule is CNCc1cc(S(=O)(=O)NCCCOC)cn1C1CC1. The van der Waals surface area contributed by atoms with Gasteiger partial charge in [0.25, 0.3) is 0 Å². The van der Waals surface area contributed by atoms with Crippen molar-refractivity contribution in [2.24, 2.45) is 0 Å². The Balaban J connectivity index is 2.08. The lowest BCUT2D eigenvalue weighted by molar-refractivity contribution is 0.196. The minimum Gasteiger partial charge on any atom is -0.385 e. The second-order valence-corrected chi connectivity index (χ2v) is 6.85. The van der Waals surface area contributed by atoms with Crippen molar-refractivity contribution in [1.82, 2.24) is 14.6 Å². The summed E-state index contributed by atoms with van der Waals surface area (Å²) in [7, 11) is 0.0473. The summed E-state index contributed by atoms with van der Waals surface area (Å²) in [6.07, 6.45) is 4.68. The number of sulfonamides is 1. The van der Waals surface area contributed by atoms with Crippen LogP contribution in [0.1, 0.15) is 31.0 Å². The summed E-state index contributed by atoms with van der Waals surface area (Å²) in [5.41, 5.74) is 1.02. The van der Waals surface area contributed by atoms with E-state index in [4.69, 9.17) is 4.74 Å². The van der Waals surface area contributed by atoms with Crippen LogP contribution in [0, 0.1) is 0 Å². The van der Waals surface area contributed by atoms with Crippen LogP contribution in [0.25, 0.3) is 0 Å². The Morgan fingerprint density at radius 2 is 2.20 bits per heavy atom. The third-order valence-corrected chi connectivity index (χ3v) is 4.76. The molecule has 0 aliphatic heterocycles. The van der Waals surface area contributed by atoms with Gasteiger partial charge in [-0.15, -0.1) is 0 Å². The normalized spacial score (nSPS) is 15.7. The molecule has 0 aromatic carbocycles. The van der Waals surface area contributed by atoms with Gasteiger partial charge >= 0.3 is 0 Å². The van der Waals surface area contributed by atoms with E-state index in [9.17, 15) is 8.42 Å². The molecule has 0 spiro atoms. The van der Waals surface area contributed by atoms with Crippen LogP contribution in [0.5, 0.6) is 0 Å². The van der Waals surface area contributed by atoms with E-state index in [2.05, 4.69) is 14.6 Å². The molecule has 20 heavy (non-hydrogen) atoms. The first kappa shape index (κ1) is 15.5. The van der Waals surface area contributed by atoms with E-state index in [1.807, 2.05) is 7.05 Å². The molecule has 0 unspecified atom stereocenters. The van der Waals surface area contributed by atoms with Gasteiger partial charge in [0, 0.05) is 44.7 Å². The summed E-state index contributed by atoms with van der Waals surface area (Å²) in [6.45, 7) is 1.62. The number of nitrogens with zero attached hydrogens (tertiary/aromatic N) is 1. The Morgan fingerprint density at radius 3 is 2.80 bits per heavy atom. The Hall–Kier alpha value is -0.890. The van der Waals surface area contributed by atoms with Crippen molar-refractivity contribution >= 4 is 10.0 Å². The number of ether oxygens (including phenoxy) is 1. The lowest BCUT2D eigenvalue weighted by Crippen LogP contribution is -2.25. The maximum Gasteiger partial charge on any atom is 0.242 e. The average molecular weight is 301 g/mol. The van der Waals surface area contributed by atoms with Gasteiger partial charge < -0.3 is 14.6 Å². The van der Waals surface area contributed by atoms with E-state index in [-0.39, 0.29) is 0 Å². The molecular formula is C13H23N3O3S. The Kier molecular flexibility index (Phi) is 5.20. The highest BCUT2D eigenvalue weighted by atomic mass is 32.2. The molecule has 1 heterocycles. The fourth-order valence-corrected chi connectivity index (χ4v) is 3.29. The monoisotopic (exact) mass is 301 g/mol. The van der Waals surface area contributed by atoms with Gasteiger partial charge in [0.2, 0.25) is 10.0 Å². The van der Waals surface area contributed by atoms with Gasteiger partial charge in [-0.25, -0.2) is 13.1 Å². The highest BCUT2D eigenvalue weighted by Crippen LogP contribution is 2.37. The van der Waals surface area contributed by atoms with Crippen LogP contribution < -0.4 is 10.0 Å². The summed E-state index contributed by atoms with van der Waals surface area (Å²) >= 11 is 0. The van der Waals surface area contributed by atoms with E-state index in [0.29, 0.717) is 37.1 Å². The van der Waals surface area contributed by atoms with E-state index in [0.717, 1.165) is 18.5 Å². The number of hydrogen-bond donors (Lipinski definition) is 2. The fourth-order valence-electron chi connectivity index (χ4n) is 2.17. The molecule has 2 rings (SSSR count). The van der Waals surface area contributed by atoms with Gasteiger partial charge in [-0.05, 0) is 32.4 Å². The first-order valence-corrected chi connectivity index (χ1v) is 8.40. The highest BCUT2D eigenvalue weighted by molar-refractivity contribution is 7.89. The van der Waals surface area contributed by atoms with Crippen LogP contribution in [0.3, 0.4) is 0 Å². The Labute approximate surface area is 120 Å². The zero-order chi connectivity index (χ0) is 14.6. The minimum atomic E-state index is -3.42. The molecular weight excluding hydrogens is 278 g/mol. The number of rotatable bonds is 9. The van der Waals surface area contributed by atoms with Crippen LogP contribution >= 0.6 is 0 Å². The smallest absolute Gasteiger partial charge is 0.242 e. The quantitative estimate of drug-likeness (QED) is 0.664. The van der Waals surface area contributed by atoms with Crippen molar-refractivity contribution in [1.29, 1.82) is 0 Å². The van der Waals surface area contributed by atoms with E-state index < -0.39 is 10.0 Å². The van der Waals surface area contributed by atoms with E-state index >= 15 is 0 Å². The first-order valence-electron chi connectivity index (χ1n) is 6.92. The van der Waals surface area contributed by atoms with Gasteiger partial charge in [-0.3, -0.25) is 0 Å².